The maximum absolute atomic E-state index is 4.78. The van der Waals surface area contributed by atoms with Gasteiger partial charge in [0.05, 0.1) is 0 Å². The average molecular weight is 344 g/mol. The number of rotatable bonds is 6. The minimum Gasteiger partial charge on any atom is -0.349 e. The van der Waals surface area contributed by atoms with Gasteiger partial charge in [-0.1, -0.05) is 53.0 Å². The van der Waals surface area contributed by atoms with Crippen molar-refractivity contribution in [3.8, 4) is 11.3 Å². The summed E-state index contributed by atoms with van der Waals surface area (Å²) in [4.78, 5) is 6.99. The van der Waals surface area contributed by atoms with E-state index in [9.17, 15) is 0 Å². The third kappa shape index (κ3) is 3.59. The van der Waals surface area contributed by atoms with Gasteiger partial charge in [-0.3, -0.25) is 0 Å². The average Bonchev–Trinajstić information content (AvgIpc) is 3.25. The Bertz CT molecular complexity index is 763. The van der Waals surface area contributed by atoms with Crippen LogP contribution in [0.25, 0.3) is 11.3 Å². The summed E-state index contributed by atoms with van der Waals surface area (Å²) in [6.07, 6.45) is 0. The summed E-state index contributed by atoms with van der Waals surface area (Å²) in [6, 6.07) is 10.1. The van der Waals surface area contributed by atoms with E-state index in [2.05, 4.69) is 39.2 Å². The van der Waals surface area contributed by atoms with Crippen molar-refractivity contribution in [2.24, 2.45) is 10.2 Å². The molecule has 0 radical (unpaired) electrons. The lowest BCUT2D eigenvalue weighted by Gasteiger charge is -2.16. The summed E-state index contributed by atoms with van der Waals surface area (Å²) in [7, 11) is 0. The van der Waals surface area contributed by atoms with E-state index >= 15 is 0 Å². The van der Waals surface area contributed by atoms with E-state index in [1.807, 2.05) is 30.3 Å². The quantitative estimate of drug-likeness (QED) is 0.595. The van der Waals surface area contributed by atoms with Gasteiger partial charge in [0.1, 0.15) is 11.2 Å². The minimum absolute atomic E-state index is 0.543. The maximum atomic E-state index is 4.78. The van der Waals surface area contributed by atoms with Crippen LogP contribution in [0.5, 0.6) is 0 Å². The van der Waals surface area contributed by atoms with Gasteiger partial charge in [-0.15, -0.1) is 20.4 Å². The van der Waals surface area contributed by atoms with Crippen LogP contribution in [0, 0.1) is 0 Å². The molecule has 6 nitrogen and oxygen atoms in total. The highest BCUT2D eigenvalue weighted by Crippen LogP contribution is 2.40. The van der Waals surface area contributed by atoms with Gasteiger partial charge < -0.3 is 4.90 Å². The van der Waals surface area contributed by atoms with Crippen LogP contribution < -0.4 is 4.90 Å². The first-order chi connectivity index (χ1) is 11.3. The highest BCUT2D eigenvalue weighted by molar-refractivity contribution is 7.19. The lowest BCUT2D eigenvalue weighted by molar-refractivity contribution is 0.860. The van der Waals surface area contributed by atoms with Crippen LogP contribution in [0.2, 0.25) is 0 Å². The number of hydrogen-bond donors (Lipinski definition) is 0. The number of aromatic nitrogens is 3. The van der Waals surface area contributed by atoms with Crippen molar-refractivity contribution in [3.63, 3.8) is 0 Å². The van der Waals surface area contributed by atoms with Gasteiger partial charge in [-0.2, -0.15) is 0 Å². The number of thiazole rings is 1. The molecular weight excluding hydrogens is 328 g/mol. The molecule has 0 aliphatic carbocycles. The fraction of sp³-hybridized carbons (Fsp3) is 0.267. The molecule has 0 fully saturated rings. The fourth-order valence-electron chi connectivity index (χ4n) is 2.08. The lowest BCUT2D eigenvalue weighted by atomic mass is 10.2. The Morgan fingerprint density at radius 1 is 1.09 bits per heavy atom. The summed E-state index contributed by atoms with van der Waals surface area (Å²) in [5, 5.41) is 18.5. The van der Waals surface area contributed by atoms with Gasteiger partial charge in [0.25, 0.3) is 5.13 Å². The van der Waals surface area contributed by atoms with E-state index in [1.54, 1.807) is 16.8 Å². The van der Waals surface area contributed by atoms with E-state index < -0.39 is 0 Å². The first-order valence-electron chi connectivity index (χ1n) is 7.31. The molecule has 0 aliphatic heterocycles. The molecule has 0 N–H and O–H groups in total. The van der Waals surface area contributed by atoms with Crippen molar-refractivity contribution in [2.45, 2.75) is 13.8 Å². The molecule has 118 valence electrons. The minimum atomic E-state index is 0.543. The number of benzene rings is 1. The maximum Gasteiger partial charge on any atom is 0.251 e. The Morgan fingerprint density at radius 2 is 1.87 bits per heavy atom. The van der Waals surface area contributed by atoms with E-state index in [0.29, 0.717) is 5.13 Å². The van der Waals surface area contributed by atoms with Crippen molar-refractivity contribution in [1.29, 1.82) is 0 Å². The molecule has 0 saturated carbocycles. The number of azo groups is 1. The Hall–Kier alpha value is -2.19. The van der Waals surface area contributed by atoms with E-state index in [1.165, 1.54) is 11.3 Å². The van der Waals surface area contributed by atoms with Crippen molar-refractivity contribution in [1.82, 2.24) is 15.2 Å². The first kappa shape index (κ1) is 15.7. The van der Waals surface area contributed by atoms with E-state index in [-0.39, 0.29) is 0 Å². The molecule has 2 heterocycles. The number of anilines is 1. The SMILES string of the molecule is CCN(CC)c1nc(-c2ccccc2)c(/N=N/c2nncs2)s1. The fourth-order valence-corrected chi connectivity index (χ4v) is 3.49. The Morgan fingerprint density at radius 3 is 2.52 bits per heavy atom. The number of hydrogen-bond acceptors (Lipinski definition) is 8. The van der Waals surface area contributed by atoms with Crippen LogP contribution >= 0.6 is 22.7 Å². The molecule has 23 heavy (non-hydrogen) atoms. The third-order valence-corrected chi connectivity index (χ3v) is 4.83. The molecular formula is C15H16N6S2. The molecule has 0 aliphatic rings. The van der Waals surface area contributed by atoms with Crippen molar-refractivity contribution in [3.05, 3.63) is 35.8 Å². The lowest BCUT2D eigenvalue weighted by Crippen LogP contribution is -2.21. The summed E-state index contributed by atoms with van der Waals surface area (Å²) in [5.74, 6) is 0. The molecule has 0 spiro atoms. The summed E-state index contributed by atoms with van der Waals surface area (Å²) in [5.41, 5.74) is 3.53. The van der Waals surface area contributed by atoms with Crippen LogP contribution in [0.1, 0.15) is 13.8 Å². The Balaban J connectivity index is 2.01. The van der Waals surface area contributed by atoms with Crippen molar-refractivity contribution < 1.29 is 0 Å². The monoisotopic (exact) mass is 344 g/mol. The number of nitrogens with zero attached hydrogens (tertiary/aromatic N) is 6. The molecule has 0 saturated heterocycles. The van der Waals surface area contributed by atoms with Gasteiger partial charge in [0.15, 0.2) is 10.1 Å². The van der Waals surface area contributed by atoms with E-state index in [4.69, 9.17) is 4.98 Å². The van der Waals surface area contributed by atoms with Crippen LogP contribution in [-0.4, -0.2) is 28.3 Å². The van der Waals surface area contributed by atoms with Crippen LogP contribution in [0.3, 0.4) is 0 Å². The smallest absolute Gasteiger partial charge is 0.251 e. The topological polar surface area (TPSA) is 66.6 Å². The second-order valence-electron chi connectivity index (χ2n) is 4.61. The molecule has 0 amide bonds. The Kier molecular flexibility index (Phi) is 5.04. The van der Waals surface area contributed by atoms with Crippen molar-refractivity contribution in [2.75, 3.05) is 18.0 Å². The Labute approximate surface area is 142 Å². The molecule has 3 rings (SSSR count). The zero-order valence-electron chi connectivity index (χ0n) is 12.9. The van der Waals surface area contributed by atoms with Gasteiger partial charge >= 0.3 is 0 Å². The summed E-state index contributed by atoms with van der Waals surface area (Å²) >= 11 is 2.90. The largest absolute Gasteiger partial charge is 0.349 e. The highest BCUT2D eigenvalue weighted by Gasteiger charge is 2.16. The normalized spacial score (nSPS) is 11.2. The summed E-state index contributed by atoms with van der Waals surface area (Å²) < 4.78 is 0. The second-order valence-corrected chi connectivity index (χ2v) is 6.38. The third-order valence-electron chi connectivity index (χ3n) is 3.25. The van der Waals surface area contributed by atoms with E-state index in [0.717, 1.165) is 34.5 Å². The van der Waals surface area contributed by atoms with Gasteiger partial charge in [0.2, 0.25) is 0 Å². The molecule has 0 atom stereocenters. The molecule has 2 aromatic heterocycles. The first-order valence-corrected chi connectivity index (χ1v) is 9.00. The van der Waals surface area contributed by atoms with Crippen molar-refractivity contribution >= 4 is 37.9 Å². The zero-order valence-corrected chi connectivity index (χ0v) is 14.5. The molecule has 0 bridgehead atoms. The van der Waals surface area contributed by atoms with Crippen LogP contribution in [0.15, 0.2) is 46.1 Å². The highest BCUT2D eigenvalue weighted by atomic mass is 32.1. The summed E-state index contributed by atoms with van der Waals surface area (Å²) in [6.45, 7) is 6.06. The van der Waals surface area contributed by atoms with Gasteiger partial charge in [0, 0.05) is 18.7 Å². The van der Waals surface area contributed by atoms with Crippen LogP contribution in [0.4, 0.5) is 15.3 Å². The molecule has 3 aromatic rings. The zero-order chi connectivity index (χ0) is 16.1. The predicted octanol–water partition coefficient (Wildman–Crippen LogP) is 4.92. The molecule has 0 unspecified atom stereocenters. The predicted molar refractivity (Wildman–Crippen MR) is 95.2 cm³/mol. The second kappa shape index (κ2) is 7.38. The van der Waals surface area contributed by atoms with Gasteiger partial charge in [-0.05, 0) is 13.8 Å². The standard InChI is InChI=1S/C15H16N6S2/c1-3-21(4-2)15-17-12(11-8-6-5-7-9-11)13(23-15)18-20-14-19-16-10-22-14/h5-10H,3-4H2,1-2H3/b20-18+. The van der Waals surface area contributed by atoms with Gasteiger partial charge in [-0.25, -0.2) is 4.98 Å². The molecule has 8 heteroatoms. The molecule has 1 aromatic carbocycles. The van der Waals surface area contributed by atoms with Crippen LogP contribution in [-0.2, 0) is 0 Å².